The Morgan fingerprint density at radius 1 is 1.33 bits per heavy atom. The zero-order valence-corrected chi connectivity index (χ0v) is 12.5. The quantitative estimate of drug-likeness (QED) is 0.734. The molecule has 2 heteroatoms. The van der Waals surface area contributed by atoms with Gasteiger partial charge >= 0.3 is 0 Å². The van der Waals surface area contributed by atoms with Gasteiger partial charge in [0.25, 0.3) is 0 Å². The molecule has 2 atom stereocenters. The molecule has 0 spiro atoms. The largest absolute Gasteiger partial charge is 0.299 e. The van der Waals surface area contributed by atoms with Gasteiger partial charge < -0.3 is 0 Å². The average Bonchev–Trinajstić information content (AvgIpc) is 2.35. The van der Waals surface area contributed by atoms with Crippen molar-refractivity contribution in [3.63, 3.8) is 0 Å². The van der Waals surface area contributed by atoms with Crippen molar-refractivity contribution in [1.29, 1.82) is 0 Å². The summed E-state index contributed by atoms with van der Waals surface area (Å²) in [5.41, 5.74) is 1.21. The Labute approximate surface area is 114 Å². The zero-order chi connectivity index (χ0) is 13.3. The van der Waals surface area contributed by atoms with E-state index in [9.17, 15) is 4.79 Å². The predicted octanol–water partition coefficient (Wildman–Crippen LogP) is 4.66. The Morgan fingerprint density at radius 3 is 2.39 bits per heavy atom. The molecule has 0 bridgehead atoms. The molecule has 0 aromatic heterocycles. The summed E-state index contributed by atoms with van der Waals surface area (Å²) in [6, 6.07) is 8.79. The van der Waals surface area contributed by atoms with Crippen LogP contribution in [0.3, 0.4) is 0 Å². The van der Waals surface area contributed by atoms with E-state index in [1.54, 1.807) is 0 Å². The van der Waals surface area contributed by atoms with Gasteiger partial charge in [0, 0.05) is 27.9 Å². The fraction of sp³-hybridized carbons (Fsp3) is 0.562. The maximum absolute atomic E-state index is 11.8. The highest BCUT2D eigenvalue weighted by molar-refractivity contribution is 7.99. The lowest BCUT2D eigenvalue weighted by Gasteiger charge is -2.45. The summed E-state index contributed by atoms with van der Waals surface area (Å²) in [6.45, 7) is 8.64. The Bertz CT molecular complexity index is 435. The minimum absolute atomic E-state index is 0.118. The number of carbonyl (C=O) groups is 1. The van der Waals surface area contributed by atoms with Gasteiger partial charge in [-0.15, -0.1) is 11.8 Å². The van der Waals surface area contributed by atoms with Crippen LogP contribution in [0.5, 0.6) is 0 Å². The second-order valence-electron chi connectivity index (χ2n) is 5.69. The van der Waals surface area contributed by atoms with Crippen LogP contribution < -0.4 is 0 Å². The second kappa shape index (κ2) is 5.08. The summed E-state index contributed by atoms with van der Waals surface area (Å²) < 4.78 is 0. The van der Waals surface area contributed by atoms with Crippen molar-refractivity contribution in [3.8, 4) is 0 Å². The van der Waals surface area contributed by atoms with Gasteiger partial charge in [-0.3, -0.25) is 4.79 Å². The van der Waals surface area contributed by atoms with E-state index in [0.29, 0.717) is 17.0 Å². The third-order valence-corrected chi connectivity index (χ3v) is 5.20. The summed E-state index contributed by atoms with van der Waals surface area (Å²) in [6.07, 6.45) is 1.67. The molecule has 2 unspecified atom stereocenters. The normalized spacial score (nSPS) is 27.4. The van der Waals surface area contributed by atoms with E-state index in [4.69, 9.17) is 0 Å². The SMILES string of the molecule is CCC1(C)C(=O)CC1c1ccc(SC(C)C)cc1. The van der Waals surface area contributed by atoms with Gasteiger partial charge in [-0.2, -0.15) is 0 Å². The number of hydrogen-bond acceptors (Lipinski definition) is 2. The molecular formula is C16H22OS. The minimum atomic E-state index is -0.118. The molecule has 1 aromatic carbocycles. The van der Waals surface area contributed by atoms with E-state index in [-0.39, 0.29) is 5.41 Å². The van der Waals surface area contributed by atoms with Crippen molar-refractivity contribution < 1.29 is 4.79 Å². The lowest BCUT2D eigenvalue weighted by molar-refractivity contribution is -0.139. The lowest BCUT2D eigenvalue weighted by atomic mass is 9.56. The van der Waals surface area contributed by atoms with Crippen LogP contribution in [-0.4, -0.2) is 11.0 Å². The molecule has 0 aliphatic heterocycles. The van der Waals surface area contributed by atoms with Crippen molar-refractivity contribution in [2.24, 2.45) is 5.41 Å². The maximum Gasteiger partial charge on any atom is 0.140 e. The zero-order valence-electron chi connectivity index (χ0n) is 11.7. The Balaban J connectivity index is 2.13. The monoisotopic (exact) mass is 262 g/mol. The maximum atomic E-state index is 11.8. The van der Waals surface area contributed by atoms with Gasteiger partial charge in [-0.25, -0.2) is 0 Å². The minimum Gasteiger partial charge on any atom is -0.299 e. The molecule has 0 amide bonds. The first-order chi connectivity index (χ1) is 8.47. The van der Waals surface area contributed by atoms with E-state index >= 15 is 0 Å². The number of ketones is 1. The number of rotatable bonds is 4. The van der Waals surface area contributed by atoms with Gasteiger partial charge in [-0.05, 0) is 24.1 Å². The first-order valence-corrected chi connectivity index (χ1v) is 7.65. The number of benzene rings is 1. The first-order valence-electron chi connectivity index (χ1n) is 6.77. The van der Waals surface area contributed by atoms with Crippen LogP contribution in [0.25, 0.3) is 0 Å². The van der Waals surface area contributed by atoms with E-state index in [0.717, 1.165) is 12.8 Å². The van der Waals surface area contributed by atoms with Gasteiger partial charge in [0.1, 0.15) is 5.78 Å². The number of hydrogen-bond donors (Lipinski definition) is 0. The van der Waals surface area contributed by atoms with Crippen LogP contribution in [0.1, 0.15) is 52.0 Å². The van der Waals surface area contributed by atoms with Crippen molar-refractivity contribution in [2.45, 2.75) is 56.6 Å². The van der Waals surface area contributed by atoms with Crippen LogP contribution in [0.15, 0.2) is 29.2 Å². The Kier molecular flexibility index (Phi) is 3.86. The van der Waals surface area contributed by atoms with Crippen LogP contribution >= 0.6 is 11.8 Å². The topological polar surface area (TPSA) is 17.1 Å². The standard InChI is InChI=1S/C16H22OS/c1-5-16(4)14(10-15(16)17)12-6-8-13(9-7-12)18-11(2)3/h6-9,11,14H,5,10H2,1-4H3. The smallest absolute Gasteiger partial charge is 0.140 e. The molecule has 1 aliphatic carbocycles. The van der Waals surface area contributed by atoms with Crippen LogP contribution in [-0.2, 0) is 4.79 Å². The molecule has 1 nitrogen and oxygen atoms in total. The molecular weight excluding hydrogens is 240 g/mol. The van der Waals surface area contributed by atoms with Gasteiger partial charge in [-0.1, -0.05) is 39.8 Å². The van der Waals surface area contributed by atoms with Crippen molar-refractivity contribution >= 4 is 17.5 Å². The second-order valence-corrected chi connectivity index (χ2v) is 7.34. The molecule has 0 radical (unpaired) electrons. The van der Waals surface area contributed by atoms with Crippen molar-refractivity contribution in [2.75, 3.05) is 0 Å². The number of Topliss-reactive ketones (excluding diaryl/α,β-unsaturated/α-hetero) is 1. The van der Waals surface area contributed by atoms with Gasteiger partial charge in [0.15, 0.2) is 0 Å². The van der Waals surface area contributed by atoms with Crippen LogP contribution in [0.4, 0.5) is 0 Å². The Hall–Kier alpha value is -0.760. The highest BCUT2D eigenvalue weighted by Gasteiger charge is 2.49. The predicted molar refractivity (Wildman–Crippen MR) is 78.2 cm³/mol. The van der Waals surface area contributed by atoms with Crippen molar-refractivity contribution in [1.82, 2.24) is 0 Å². The molecule has 1 saturated carbocycles. The van der Waals surface area contributed by atoms with E-state index in [1.807, 2.05) is 11.8 Å². The fourth-order valence-corrected chi connectivity index (χ4v) is 3.52. The molecule has 0 N–H and O–H groups in total. The van der Waals surface area contributed by atoms with E-state index < -0.39 is 0 Å². The summed E-state index contributed by atoms with van der Waals surface area (Å²) >= 11 is 1.88. The summed E-state index contributed by atoms with van der Waals surface area (Å²) in [5, 5.41) is 0.613. The fourth-order valence-electron chi connectivity index (χ4n) is 2.69. The Morgan fingerprint density at radius 2 is 1.94 bits per heavy atom. The third kappa shape index (κ3) is 2.35. The summed E-state index contributed by atoms with van der Waals surface area (Å²) in [7, 11) is 0. The van der Waals surface area contributed by atoms with Gasteiger partial charge in [0.05, 0.1) is 0 Å². The summed E-state index contributed by atoms with van der Waals surface area (Å²) in [5.74, 6) is 0.851. The molecule has 1 aromatic rings. The number of thioether (sulfide) groups is 1. The summed E-state index contributed by atoms with van der Waals surface area (Å²) in [4.78, 5) is 13.1. The molecule has 0 heterocycles. The van der Waals surface area contributed by atoms with E-state index in [1.165, 1.54) is 10.5 Å². The molecule has 2 rings (SSSR count). The van der Waals surface area contributed by atoms with Crippen LogP contribution in [0.2, 0.25) is 0 Å². The molecule has 98 valence electrons. The van der Waals surface area contributed by atoms with Crippen LogP contribution in [0, 0.1) is 5.41 Å². The van der Waals surface area contributed by atoms with Crippen molar-refractivity contribution in [3.05, 3.63) is 29.8 Å². The molecule has 0 saturated heterocycles. The van der Waals surface area contributed by atoms with Gasteiger partial charge in [0.2, 0.25) is 0 Å². The highest BCUT2D eigenvalue weighted by atomic mass is 32.2. The lowest BCUT2D eigenvalue weighted by Crippen LogP contribution is -2.45. The molecule has 1 aliphatic rings. The molecule has 1 fully saturated rings. The average molecular weight is 262 g/mol. The van der Waals surface area contributed by atoms with E-state index in [2.05, 4.69) is 52.0 Å². The molecule has 18 heavy (non-hydrogen) atoms. The first kappa shape index (κ1) is 13.7. The highest BCUT2D eigenvalue weighted by Crippen LogP contribution is 2.51. The number of carbonyl (C=O) groups excluding carboxylic acids is 1. The third-order valence-electron chi connectivity index (χ3n) is 4.18.